The monoisotopic (exact) mass is 336 g/mol. The Morgan fingerprint density at radius 3 is 2.58 bits per heavy atom. The Kier molecular flexibility index (Phi) is 3.96. The maximum Gasteiger partial charge on any atom is 0.234 e. The number of ether oxygens (including phenoxy) is 1. The molecule has 2 heterocycles. The largest absolute Gasteiger partial charge is 0.496 e. The van der Waals surface area contributed by atoms with Crippen LogP contribution in [0.25, 0.3) is 16.3 Å². The van der Waals surface area contributed by atoms with Crippen molar-refractivity contribution in [1.82, 2.24) is 19.8 Å². The molecule has 4 rings (SSSR count). The van der Waals surface area contributed by atoms with E-state index < -0.39 is 0 Å². The molecule has 0 radical (unpaired) electrons. The first-order chi connectivity index (χ1) is 11.8. The lowest BCUT2D eigenvalue weighted by atomic mass is 10.1. The number of benzene rings is 2. The minimum atomic E-state index is 0.713. The van der Waals surface area contributed by atoms with E-state index in [2.05, 4.69) is 34.5 Å². The highest BCUT2D eigenvalue weighted by molar-refractivity contribution is 7.16. The van der Waals surface area contributed by atoms with Gasteiger partial charge in [-0.1, -0.05) is 53.8 Å². The SMILES string of the molecule is COc1ccccc1-c1nnc2sc(CCc3ccccc3)nn12. The Hall–Kier alpha value is -2.73. The summed E-state index contributed by atoms with van der Waals surface area (Å²) in [6.07, 6.45) is 1.86. The zero-order chi connectivity index (χ0) is 16.4. The number of fused-ring (bicyclic) bond motifs is 1. The van der Waals surface area contributed by atoms with Crippen LogP contribution in [-0.2, 0) is 12.8 Å². The van der Waals surface area contributed by atoms with Crippen LogP contribution >= 0.6 is 11.3 Å². The van der Waals surface area contributed by atoms with Gasteiger partial charge in [0.1, 0.15) is 10.8 Å². The molecular formula is C18H16N4OS. The zero-order valence-corrected chi connectivity index (χ0v) is 14.0. The van der Waals surface area contributed by atoms with Crippen molar-refractivity contribution in [2.24, 2.45) is 0 Å². The van der Waals surface area contributed by atoms with Gasteiger partial charge in [0.2, 0.25) is 4.96 Å². The van der Waals surface area contributed by atoms with Crippen molar-refractivity contribution in [3.05, 3.63) is 65.2 Å². The van der Waals surface area contributed by atoms with E-state index in [1.807, 2.05) is 34.8 Å². The van der Waals surface area contributed by atoms with Crippen molar-refractivity contribution in [3.8, 4) is 17.1 Å². The molecule has 0 spiro atoms. The first kappa shape index (κ1) is 14.8. The van der Waals surface area contributed by atoms with E-state index in [0.717, 1.165) is 34.1 Å². The molecule has 0 saturated carbocycles. The van der Waals surface area contributed by atoms with Crippen molar-refractivity contribution in [2.75, 3.05) is 7.11 Å². The summed E-state index contributed by atoms with van der Waals surface area (Å²) in [6.45, 7) is 0. The molecule has 0 fully saturated rings. The molecule has 24 heavy (non-hydrogen) atoms. The quantitative estimate of drug-likeness (QED) is 0.558. The molecule has 0 saturated heterocycles. The molecule has 4 aromatic rings. The summed E-state index contributed by atoms with van der Waals surface area (Å²) in [5.74, 6) is 1.48. The van der Waals surface area contributed by atoms with Crippen LogP contribution in [0.3, 0.4) is 0 Å². The summed E-state index contributed by atoms with van der Waals surface area (Å²) < 4.78 is 7.23. The molecule has 0 aliphatic heterocycles. The van der Waals surface area contributed by atoms with Crippen molar-refractivity contribution < 1.29 is 4.74 Å². The molecule has 0 bridgehead atoms. The fraction of sp³-hybridized carbons (Fsp3) is 0.167. The van der Waals surface area contributed by atoms with Crippen LogP contribution in [0.2, 0.25) is 0 Å². The highest BCUT2D eigenvalue weighted by Crippen LogP contribution is 2.29. The molecule has 5 nitrogen and oxygen atoms in total. The third kappa shape index (κ3) is 2.76. The van der Waals surface area contributed by atoms with Crippen molar-refractivity contribution in [2.45, 2.75) is 12.8 Å². The number of hydrogen-bond donors (Lipinski definition) is 0. The van der Waals surface area contributed by atoms with E-state index in [0.29, 0.717) is 5.82 Å². The molecule has 0 unspecified atom stereocenters. The number of methoxy groups -OCH3 is 1. The van der Waals surface area contributed by atoms with Crippen LogP contribution in [0, 0.1) is 0 Å². The number of aromatic nitrogens is 4. The summed E-state index contributed by atoms with van der Waals surface area (Å²) in [5, 5.41) is 14.3. The lowest BCUT2D eigenvalue weighted by Crippen LogP contribution is -1.96. The first-order valence-electron chi connectivity index (χ1n) is 7.73. The molecule has 0 aliphatic rings. The van der Waals surface area contributed by atoms with Gasteiger partial charge in [0, 0.05) is 6.42 Å². The fourth-order valence-corrected chi connectivity index (χ4v) is 3.48. The Morgan fingerprint density at radius 1 is 0.958 bits per heavy atom. The summed E-state index contributed by atoms with van der Waals surface area (Å²) in [6, 6.07) is 18.2. The van der Waals surface area contributed by atoms with Crippen LogP contribution in [0.1, 0.15) is 10.6 Å². The van der Waals surface area contributed by atoms with E-state index in [-0.39, 0.29) is 0 Å². The second kappa shape index (κ2) is 6.41. The first-order valence-corrected chi connectivity index (χ1v) is 8.55. The van der Waals surface area contributed by atoms with Gasteiger partial charge in [-0.15, -0.1) is 10.2 Å². The number of hydrogen-bond acceptors (Lipinski definition) is 5. The molecule has 2 aromatic heterocycles. The Bertz CT molecular complexity index is 961. The van der Waals surface area contributed by atoms with Gasteiger partial charge in [0.15, 0.2) is 5.82 Å². The third-order valence-corrected chi connectivity index (χ3v) is 4.81. The third-order valence-electron chi connectivity index (χ3n) is 3.85. The van der Waals surface area contributed by atoms with Gasteiger partial charge in [-0.25, -0.2) is 0 Å². The van der Waals surface area contributed by atoms with Crippen LogP contribution in [0.5, 0.6) is 5.75 Å². The Morgan fingerprint density at radius 2 is 1.75 bits per heavy atom. The average molecular weight is 336 g/mol. The highest BCUT2D eigenvalue weighted by atomic mass is 32.1. The van der Waals surface area contributed by atoms with E-state index >= 15 is 0 Å². The summed E-state index contributed by atoms with van der Waals surface area (Å²) in [5.41, 5.74) is 2.21. The topological polar surface area (TPSA) is 52.3 Å². The van der Waals surface area contributed by atoms with E-state index in [1.165, 1.54) is 5.56 Å². The maximum atomic E-state index is 5.42. The van der Waals surface area contributed by atoms with Gasteiger partial charge >= 0.3 is 0 Å². The minimum Gasteiger partial charge on any atom is -0.496 e. The molecule has 0 aliphatic carbocycles. The average Bonchev–Trinajstić information content (AvgIpc) is 3.21. The molecule has 0 amide bonds. The van der Waals surface area contributed by atoms with Gasteiger partial charge in [-0.3, -0.25) is 0 Å². The van der Waals surface area contributed by atoms with E-state index in [9.17, 15) is 0 Å². The summed E-state index contributed by atoms with van der Waals surface area (Å²) in [7, 11) is 1.66. The van der Waals surface area contributed by atoms with Crippen LogP contribution in [0.15, 0.2) is 54.6 Å². The molecule has 0 atom stereocenters. The van der Waals surface area contributed by atoms with Crippen molar-refractivity contribution in [1.29, 1.82) is 0 Å². The molecule has 2 aromatic carbocycles. The smallest absolute Gasteiger partial charge is 0.234 e. The Labute approximate surface area is 143 Å². The maximum absolute atomic E-state index is 5.42. The summed E-state index contributed by atoms with van der Waals surface area (Å²) in [4.78, 5) is 0.805. The van der Waals surface area contributed by atoms with Gasteiger partial charge in [0.25, 0.3) is 0 Å². The van der Waals surface area contributed by atoms with Crippen LogP contribution < -0.4 is 4.74 Å². The standard InChI is InChI=1S/C18H16N4OS/c1-23-15-10-6-5-9-14(15)17-19-20-18-22(17)21-16(24-18)12-11-13-7-3-2-4-8-13/h2-10H,11-12H2,1H3. The van der Waals surface area contributed by atoms with Gasteiger partial charge in [-0.05, 0) is 24.1 Å². The Balaban J connectivity index is 1.64. The molecule has 0 N–H and O–H groups in total. The highest BCUT2D eigenvalue weighted by Gasteiger charge is 2.16. The molecule has 120 valence electrons. The molecular weight excluding hydrogens is 320 g/mol. The minimum absolute atomic E-state index is 0.713. The van der Waals surface area contributed by atoms with Gasteiger partial charge in [-0.2, -0.15) is 9.61 Å². The molecule has 6 heteroatoms. The fourth-order valence-electron chi connectivity index (χ4n) is 2.65. The van der Waals surface area contributed by atoms with Crippen LogP contribution in [-0.4, -0.2) is 26.9 Å². The number of rotatable bonds is 5. The number of para-hydroxylation sites is 1. The predicted molar refractivity (Wildman–Crippen MR) is 94.5 cm³/mol. The van der Waals surface area contributed by atoms with Gasteiger partial charge < -0.3 is 4.74 Å². The van der Waals surface area contributed by atoms with E-state index in [4.69, 9.17) is 9.84 Å². The summed E-state index contributed by atoms with van der Waals surface area (Å²) >= 11 is 1.58. The van der Waals surface area contributed by atoms with E-state index in [1.54, 1.807) is 18.4 Å². The second-order valence-corrected chi connectivity index (χ2v) is 6.44. The van der Waals surface area contributed by atoms with Crippen molar-refractivity contribution in [3.63, 3.8) is 0 Å². The van der Waals surface area contributed by atoms with Crippen LogP contribution in [0.4, 0.5) is 0 Å². The zero-order valence-electron chi connectivity index (χ0n) is 13.2. The normalized spacial score (nSPS) is 11.0. The predicted octanol–water partition coefficient (Wildman–Crippen LogP) is 3.65. The lowest BCUT2D eigenvalue weighted by Gasteiger charge is -2.04. The second-order valence-electron chi connectivity index (χ2n) is 5.40. The van der Waals surface area contributed by atoms with Gasteiger partial charge in [0.05, 0.1) is 12.7 Å². The number of nitrogens with zero attached hydrogens (tertiary/aromatic N) is 4. The van der Waals surface area contributed by atoms with Crippen molar-refractivity contribution >= 4 is 16.3 Å². The number of aryl methyl sites for hydroxylation is 2. The lowest BCUT2D eigenvalue weighted by molar-refractivity contribution is 0.416.